The van der Waals surface area contributed by atoms with E-state index in [-0.39, 0.29) is 31.0 Å². The summed E-state index contributed by atoms with van der Waals surface area (Å²) in [5.74, 6) is -6.14. The van der Waals surface area contributed by atoms with E-state index >= 15 is 0 Å². The molecule has 0 amide bonds. The number of carbonyl (C=O) groups excluding carboxylic acids is 1. The predicted molar refractivity (Wildman–Crippen MR) is 30.6 cm³/mol. The van der Waals surface area contributed by atoms with Crippen molar-refractivity contribution in [1.82, 2.24) is 0 Å². The first-order chi connectivity index (χ1) is 5.52. The van der Waals surface area contributed by atoms with E-state index in [1.807, 2.05) is 0 Å². The molecule has 0 heterocycles. The molecule has 2 nitrogen and oxygen atoms in total. The first-order valence-electron chi connectivity index (χ1n) is 2.88. The van der Waals surface area contributed by atoms with Crippen molar-refractivity contribution in [1.29, 1.82) is 0 Å². The predicted octanol–water partition coefficient (Wildman–Crippen LogP) is -2.53. The minimum atomic E-state index is -2.01. The Morgan fingerprint density at radius 3 is 1.85 bits per heavy atom. The van der Waals surface area contributed by atoms with E-state index < -0.39 is 29.0 Å². The molecule has 64 valence electrons. The van der Waals surface area contributed by atoms with Gasteiger partial charge in [0.05, 0.1) is 11.5 Å². The summed E-state index contributed by atoms with van der Waals surface area (Å²) >= 11 is 0. The van der Waals surface area contributed by atoms with Crippen LogP contribution in [0.3, 0.4) is 0 Å². The fourth-order valence-corrected chi connectivity index (χ4v) is 0.737. The van der Waals surface area contributed by atoms with Crippen molar-refractivity contribution in [2.75, 3.05) is 0 Å². The summed E-state index contributed by atoms with van der Waals surface area (Å²) in [5, 5.41) is 10.0. The van der Waals surface area contributed by atoms with E-state index in [1.165, 1.54) is 0 Å². The normalized spacial score (nSPS) is 9.15. The first kappa shape index (κ1) is 12.1. The second-order valence-electron chi connectivity index (χ2n) is 2.03. The maximum absolute atomic E-state index is 12.5. The summed E-state index contributed by atoms with van der Waals surface area (Å²) in [4.78, 5) is 10.0. The van der Waals surface area contributed by atoms with Gasteiger partial charge in [-0.1, -0.05) is 0 Å². The van der Waals surface area contributed by atoms with Gasteiger partial charge in [-0.15, -0.1) is 0 Å². The van der Waals surface area contributed by atoms with Gasteiger partial charge in [-0.25, -0.2) is 13.2 Å². The van der Waals surface area contributed by atoms with E-state index in [0.717, 1.165) is 0 Å². The van der Waals surface area contributed by atoms with Crippen molar-refractivity contribution < 1.29 is 41.9 Å². The molecule has 0 fully saturated rings. The fraction of sp³-hybridized carbons (Fsp3) is 0. The maximum atomic E-state index is 12.5. The zero-order chi connectivity index (χ0) is 9.30. The third-order valence-electron chi connectivity index (χ3n) is 1.21. The zero-order valence-electron chi connectivity index (χ0n) is 6.61. The number of carbonyl (C=O) groups is 1. The molecule has 0 bridgehead atoms. The molecule has 0 radical (unpaired) electrons. The quantitative estimate of drug-likeness (QED) is 0.449. The van der Waals surface area contributed by atoms with Crippen LogP contribution in [0.15, 0.2) is 12.1 Å². The van der Waals surface area contributed by atoms with Gasteiger partial charge < -0.3 is 9.90 Å². The van der Waals surface area contributed by atoms with E-state index in [9.17, 15) is 23.1 Å². The molecule has 0 saturated heterocycles. The maximum Gasteiger partial charge on any atom is 1.00 e. The van der Waals surface area contributed by atoms with Gasteiger partial charge in [0, 0.05) is 12.1 Å². The Hall–Kier alpha value is -0.923. The third kappa shape index (κ3) is 2.51. The van der Waals surface area contributed by atoms with E-state index in [0.29, 0.717) is 0 Å². The Morgan fingerprint density at radius 1 is 1.15 bits per heavy atom. The van der Waals surface area contributed by atoms with Crippen LogP contribution in [0.4, 0.5) is 13.2 Å². The monoisotopic (exact) mass is 182 g/mol. The minimum Gasteiger partial charge on any atom is -0.545 e. The molecule has 6 heteroatoms. The van der Waals surface area contributed by atoms with E-state index in [4.69, 9.17) is 0 Å². The van der Waals surface area contributed by atoms with Gasteiger partial charge >= 0.3 is 18.9 Å². The molecule has 0 aliphatic carbocycles. The summed E-state index contributed by atoms with van der Waals surface area (Å²) in [7, 11) is 0. The van der Waals surface area contributed by atoms with Crippen LogP contribution in [0.1, 0.15) is 10.4 Å². The number of rotatable bonds is 1. The van der Waals surface area contributed by atoms with Crippen LogP contribution in [0, 0.1) is 17.5 Å². The number of halogens is 3. The second-order valence-corrected chi connectivity index (χ2v) is 2.03. The molecule has 0 saturated carbocycles. The van der Waals surface area contributed by atoms with Crippen molar-refractivity contribution in [3.63, 3.8) is 0 Å². The van der Waals surface area contributed by atoms with Crippen LogP contribution in [-0.2, 0) is 0 Å². The molecular weight excluding hydrogens is 180 g/mol. The van der Waals surface area contributed by atoms with Crippen LogP contribution in [0.5, 0.6) is 0 Å². The third-order valence-corrected chi connectivity index (χ3v) is 1.21. The summed E-state index contributed by atoms with van der Waals surface area (Å²) < 4.78 is 37.1. The smallest absolute Gasteiger partial charge is 0.545 e. The number of carboxylic acids is 1. The molecule has 0 aliphatic heterocycles. The summed E-state index contributed by atoms with van der Waals surface area (Å²) in [6.45, 7) is 0. The first-order valence-corrected chi connectivity index (χ1v) is 2.88. The van der Waals surface area contributed by atoms with Crippen molar-refractivity contribution in [3.05, 3.63) is 35.1 Å². The molecule has 13 heavy (non-hydrogen) atoms. The van der Waals surface area contributed by atoms with Crippen LogP contribution in [0.25, 0.3) is 0 Å². The molecule has 0 aliphatic rings. The number of hydrogen-bond donors (Lipinski definition) is 0. The van der Waals surface area contributed by atoms with E-state index in [2.05, 4.69) is 0 Å². The molecule has 1 aromatic carbocycles. The average Bonchev–Trinajstić information content (AvgIpc) is 1.82. The minimum absolute atomic E-state index is 0. The molecule has 1 rings (SSSR count). The number of benzene rings is 1. The Bertz CT molecular complexity index is 318. The SMILES string of the molecule is O=C([O-])c1c(F)cc(F)cc1F.[Li+]. The standard InChI is InChI=1S/C7H3F3O2.Li/c8-3-1-4(9)6(7(11)12)5(10)2-3;/h1-2H,(H,11,12);/q;+1/p-1. The molecule has 0 atom stereocenters. The topological polar surface area (TPSA) is 40.1 Å². The summed E-state index contributed by atoms with van der Waals surface area (Å²) in [5.41, 5.74) is -1.25. The number of aromatic carboxylic acids is 1. The number of hydrogen-bond acceptors (Lipinski definition) is 2. The van der Waals surface area contributed by atoms with Crippen LogP contribution in [-0.4, -0.2) is 5.97 Å². The van der Waals surface area contributed by atoms with Gasteiger partial charge in [0.25, 0.3) is 0 Å². The Labute approximate surface area is 83.5 Å². The van der Waals surface area contributed by atoms with Crippen molar-refractivity contribution in [2.24, 2.45) is 0 Å². The van der Waals surface area contributed by atoms with Gasteiger partial charge in [-0.2, -0.15) is 0 Å². The largest absolute Gasteiger partial charge is 1.00 e. The summed E-state index contributed by atoms with van der Waals surface area (Å²) in [6, 6.07) is 0.544. The van der Waals surface area contributed by atoms with E-state index in [1.54, 1.807) is 0 Å². The van der Waals surface area contributed by atoms with Crippen molar-refractivity contribution in [2.45, 2.75) is 0 Å². The fourth-order valence-electron chi connectivity index (χ4n) is 0.737. The van der Waals surface area contributed by atoms with Crippen LogP contribution < -0.4 is 24.0 Å². The molecule has 0 unspecified atom stereocenters. The molecular formula is C7H2F3LiO2. The molecule has 0 N–H and O–H groups in total. The van der Waals surface area contributed by atoms with Gasteiger partial charge in [-0.3, -0.25) is 0 Å². The Balaban J connectivity index is 0.00000144. The molecule has 0 spiro atoms. The van der Waals surface area contributed by atoms with Crippen LogP contribution in [0.2, 0.25) is 0 Å². The Morgan fingerprint density at radius 2 is 1.54 bits per heavy atom. The summed E-state index contributed by atoms with van der Waals surface area (Å²) in [6.07, 6.45) is 0. The van der Waals surface area contributed by atoms with Crippen LogP contribution >= 0.6 is 0 Å². The van der Waals surface area contributed by atoms with Gasteiger partial charge in [-0.05, 0) is 0 Å². The molecule has 1 aromatic rings. The second kappa shape index (κ2) is 4.35. The van der Waals surface area contributed by atoms with Gasteiger partial charge in [0.15, 0.2) is 0 Å². The number of carboxylic acid groups (broad SMARTS) is 1. The van der Waals surface area contributed by atoms with Gasteiger partial charge in [0.1, 0.15) is 17.5 Å². The molecule has 0 aromatic heterocycles. The zero-order valence-corrected chi connectivity index (χ0v) is 6.61. The average molecular weight is 182 g/mol. The van der Waals surface area contributed by atoms with Crippen molar-refractivity contribution in [3.8, 4) is 0 Å². The Kier molecular flexibility index (Phi) is 4.04. The van der Waals surface area contributed by atoms with Crippen molar-refractivity contribution >= 4 is 5.97 Å². The van der Waals surface area contributed by atoms with Gasteiger partial charge in [0.2, 0.25) is 0 Å².